The zero-order valence-electron chi connectivity index (χ0n) is 5.95. The van der Waals surface area contributed by atoms with E-state index in [1.54, 1.807) is 24.3 Å². The number of aromatic carboxylic acids is 1. The van der Waals surface area contributed by atoms with Gasteiger partial charge >= 0.3 is 5.97 Å². The number of hydrogen-bond donors (Lipinski definition) is 1. The summed E-state index contributed by atoms with van der Waals surface area (Å²) in [7, 11) is 0. The molecule has 1 aromatic carbocycles. The highest BCUT2D eigenvalue weighted by Crippen LogP contribution is 2.04. The third-order valence-electron chi connectivity index (χ3n) is 1.41. The van der Waals surface area contributed by atoms with Gasteiger partial charge in [0.25, 0.3) is 0 Å². The molecule has 0 aromatic heterocycles. The second-order valence-corrected chi connectivity index (χ2v) is 2.21. The Morgan fingerprint density at radius 1 is 1.55 bits per heavy atom. The number of carbonyl (C=O) groups is 1. The molecule has 2 nitrogen and oxygen atoms in total. The first kappa shape index (κ1) is 7.79. The zero-order valence-corrected chi connectivity index (χ0v) is 5.95. The molecule has 0 unspecified atom stereocenters. The van der Waals surface area contributed by atoms with Gasteiger partial charge in [-0.1, -0.05) is 12.1 Å². The molecular weight excluding hydrogens is 140 g/mol. The van der Waals surface area contributed by atoms with Crippen LogP contribution >= 0.6 is 0 Å². The van der Waals surface area contributed by atoms with Crippen molar-refractivity contribution in [2.45, 2.75) is 6.42 Å². The highest BCUT2D eigenvalue weighted by atomic mass is 16.4. The summed E-state index contributed by atoms with van der Waals surface area (Å²) in [5.74, 6) is -0.916. The number of rotatable bonds is 2. The molecule has 56 valence electrons. The van der Waals surface area contributed by atoms with Crippen LogP contribution in [0.25, 0.3) is 0 Å². The van der Waals surface area contributed by atoms with Crippen molar-refractivity contribution in [1.82, 2.24) is 0 Å². The van der Waals surface area contributed by atoms with Crippen molar-refractivity contribution >= 4 is 5.97 Å². The summed E-state index contributed by atoms with van der Waals surface area (Å²) in [4.78, 5) is 10.4. The Hall–Kier alpha value is -1.31. The highest BCUT2D eigenvalue weighted by Gasteiger charge is 2.00. The first-order valence-electron chi connectivity index (χ1n) is 3.26. The van der Waals surface area contributed by atoms with E-state index >= 15 is 0 Å². The minimum Gasteiger partial charge on any atom is -0.478 e. The van der Waals surface area contributed by atoms with Crippen LogP contribution in [0.1, 0.15) is 15.9 Å². The van der Waals surface area contributed by atoms with Gasteiger partial charge in [-0.05, 0) is 31.0 Å². The van der Waals surface area contributed by atoms with Crippen molar-refractivity contribution in [3.63, 3.8) is 0 Å². The van der Waals surface area contributed by atoms with E-state index in [0.717, 1.165) is 5.56 Å². The van der Waals surface area contributed by atoms with E-state index in [2.05, 4.69) is 0 Å². The average Bonchev–Trinajstić information content (AvgIpc) is 2.05. The second kappa shape index (κ2) is 3.19. The Labute approximate surface area is 65.5 Å². The lowest BCUT2D eigenvalue weighted by Crippen LogP contribution is -1.96. The molecule has 2 radical (unpaired) electrons. The largest absolute Gasteiger partial charge is 0.478 e. The van der Waals surface area contributed by atoms with E-state index < -0.39 is 5.97 Å². The van der Waals surface area contributed by atoms with Gasteiger partial charge in [0.05, 0.1) is 5.56 Å². The van der Waals surface area contributed by atoms with Crippen LogP contribution in [0, 0.1) is 6.92 Å². The number of carboxylic acid groups (broad SMARTS) is 1. The van der Waals surface area contributed by atoms with Gasteiger partial charge < -0.3 is 5.11 Å². The zero-order chi connectivity index (χ0) is 8.27. The Balaban J connectivity index is 3.01. The van der Waals surface area contributed by atoms with Crippen molar-refractivity contribution in [3.05, 3.63) is 42.3 Å². The Bertz CT molecular complexity index is 266. The minimum absolute atomic E-state index is 0.285. The van der Waals surface area contributed by atoms with Gasteiger partial charge in [0.1, 0.15) is 0 Å². The van der Waals surface area contributed by atoms with Crippen molar-refractivity contribution in [1.29, 1.82) is 0 Å². The molecule has 0 aliphatic carbocycles. The predicted molar refractivity (Wildman–Crippen MR) is 41.4 cm³/mol. The van der Waals surface area contributed by atoms with Gasteiger partial charge in [0, 0.05) is 0 Å². The van der Waals surface area contributed by atoms with Crippen LogP contribution in [0.3, 0.4) is 0 Å². The summed E-state index contributed by atoms with van der Waals surface area (Å²) >= 11 is 0. The molecule has 0 saturated carbocycles. The van der Waals surface area contributed by atoms with E-state index in [9.17, 15) is 4.79 Å². The molecular formula is C9H8O2. The van der Waals surface area contributed by atoms with Crippen molar-refractivity contribution in [2.24, 2.45) is 0 Å². The van der Waals surface area contributed by atoms with Gasteiger partial charge in [-0.25, -0.2) is 4.79 Å². The third kappa shape index (κ3) is 1.80. The smallest absolute Gasteiger partial charge is 0.335 e. The maximum absolute atomic E-state index is 10.4. The maximum atomic E-state index is 10.4. The quantitative estimate of drug-likeness (QED) is 0.692. The number of benzene rings is 1. The van der Waals surface area contributed by atoms with Crippen molar-refractivity contribution in [2.75, 3.05) is 0 Å². The van der Waals surface area contributed by atoms with Gasteiger partial charge in [-0.3, -0.25) is 0 Å². The second-order valence-electron chi connectivity index (χ2n) is 2.21. The minimum atomic E-state index is -0.916. The lowest BCUT2D eigenvalue weighted by molar-refractivity contribution is 0.0697. The molecule has 0 atom stereocenters. The standard InChI is InChI=1S/C9H8O2/c1-2-7-4-3-5-8(6-7)9(10)11/h1,3-6H,2H2,(H,10,11). The summed E-state index contributed by atoms with van der Waals surface area (Å²) < 4.78 is 0. The molecule has 0 saturated heterocycles. The third-order valence-corrected chi connectivity index (χ3v) is 1.41. The van der Waals surface area contributed by atoms with Crippen LogP contribution in [0.15, 0.2) is 24.3 Å². The van der Waals surface area contributed by atoms with Gasteiger partial charge in [0.15, 0.2) is 0 Å². The van der Waals surface area contributed by atoms with E-state index in [-0.39, 0.29) is 5.56 Å². The van der Waals surface area contributed by atoms with Crippen molar-refractivity contribution < 1.29 is 9.90 Å². The van der Waals surface area contributed by atoms with E-state index in [1.165, 1.54) is 0 Å². The number of carboxylic acids is 1. The van der Waals surface area contributed by atoms with Crippen LogP contribution < -0.4 is 0 Å². The van der Waals surface area contributed by atoms with Crippen LogP contribution in [0.2, 0.25) is 0 Å². The lowest BCUT2D eigenvalue weighted by atomic mass is 10.1. The molecule has 0 bridgehead atoms. The van der Waals surface area contributed by atoms with Crippen LogP contribution in [-0.4, -0.2) is 11.1 Å². The summed E-state index contributed by atoms with van der Waals surface area (Å²) in [5, 5.41) is 8.56. The molecule has 0 amide bonds. The fraction of sp³-hybridized carbons (Fsp3) is 0.111. The molecule has 0 heterocycles. The lowest BCUT2D eigenvalue weighted by Gasteiger charge is -1.96. The van der Waals surface area contributed by atoms with Gasteiger partial charge in [-0.15, -0.1) is 0 Å². The molecule has 1 aromatic rings. The fourth-order valence-electron chi connectivity index (χ4n) is 0.831. The Kier molecular flexibility index (Phi) is 2.26. The molecule has 11 heavy (non-hydrogen) atoms. The summed E-state index contributed by atoms with van der Waals surface area (Å²) in [6.07, 6.45) is 0.376. The molecule has 2 heteroatoms. The Morgan fingerprint density at radius 2 is 2.27 bits per heavy atom. The van der Waals surface area contributed by atoms with E-state index in [4.69, 9.17) is 12.0 Å². The summed E-state index contributed by atoms with van der Waals surface area (Å²) in [5.41, 5.74) is 1.12. The normalized spacial score (nSPS) is 9.55. The molecule has 0 spiro atoms. The molecule has 0 aliphatic heterocycles. The first-order valence-corrected chi connectivity index (χ1v) is 3.26. The number of hydrogen-bond acceptors (Lipinski definition) is 1. The Morgan fingerprint density at radius 3 is 2.82 bits per heavy atom. The summed E-state index contributed by atoms with van der Waals surface area (Å²) in [6, 6.07) is 6.60. The van der Waals surface area contributed by atoms with E-state index in [1.807, 2.05) is 0 Å². The molecule has 0 aliphatic rings. The SMILES string of the molecule is [CH]Cc1cccc(C(=O)O)c1. The summed E-state index contributed by atoms with van der Waals surface area (Å²) in [6.45, 7) is 5.33. The molecule has 1 rings (SSSR count). The van der Waals surface area contributed by atoms with Gasteiger partial charge in [-0.2, -0.15) is 0 Å². The van der Waals surface area contributed by atoms with Crippen molar-refractivity contribution in [3.8, 4) is 0 Å². The van der Waals surface area contributed by atoms with Crippen LogP contribution in [-0.2, 0) is 6.42 Å². The average molecular weight is 148 g/mol. The first-order chi connectivity index (χ1) is 5.24. The van der Waals surface area contributed by atoms with Crippen LogP contribution in [0.4, 0.5) is 0 Å². The topological polar surface area (TPSA) is 37.3 Å². The maximum Gasteiger partial charge on any atom is 0.335 e. The molecule has 1 N–H and O–H groups in total. The monoisotopic (exact) mass is 148 g/mol. The molecule has 0 fully saturated rings. The predicted octanol–water partition coefficient (Wildman–Crippen LogP) is 1.64. The van der Waals surface area contributed by atoms with Gasteiger partial charge in [0.2, 0.25) is 0 Å². The highest BCUT2D eigenvalue weighted by molar-refractivity contribution is 5.87. The fourth-order valence-corrected chi connectivity index (χ4v) is 0.831. The van der Waals surface area contributed by atoms with Crippen LogP contribution in [0.5, 0.6) is 0 Å². The van der Waals surface area contributed by atoms with E-state index in [0.29, 0.717) is 6.42 Å².